The molecule has 2 rings (SSSR count). The average Bonchev–Trinajstić information content (AvgIpc) is 2.38. The summed E-state index contributed by atoms with van der Waals surface area (Å²) in [5, 5.41) is 13.8. The number of nitro groups is 1. The Labute approximate surface area is 104 Å². The number of non-ortho nitro benzene ring substituents is 1. The smallest absolute Gasteiger partial charge is 0.269 e. The van der Waals surface area contributed by atoms with Gasteiger partial charge in [-0.2, -0.15) is 0 Å². The van der Waals surface area contributed by atoms with E-state index in [2.05, 4.69) is 10.0 Å². The fourth-order valence-electron chi connectivity index (χ4n) is 1.73. The predicted molar refractivity (Wildman–Crippen MR) is 68.0 cm³/mol. The van der Waals surface area contributed by atoms with Crippen LogP contribution in [0.4, 0.5) is 5.69 Å². The van der Waals surface area contributed by atoms with Gasteiger partial charge < -0.3 is 5.32 Å². The van der Waals surface area contributed by atoms with E-state index in [0.29, 0.717) is 6.04 Å². The summed E-state index contributed by atoms with van der Waals surface area (Å²) in [5.41, 5.74) is 0.135. The van der Waals surface area contributed by atoms with Crippen molar-refractivity contribution in [3.63, 3.8) is 0 Å². The second kappa shape index (κ2) is 6.00. The van der Waals surface area contributed by atoms with E-state index < -0.39 is 0 Å². The minimum absolute atomic E-state index is 0.135. The standard InChI is InChI=1S/C11H15N3O2S/c15-14(16)10-1-3-11(4-2-10)17-13-9-5-7-12-8-6-9/h1-4,9,12-13H,5-8H2. The molecular formula is C11H15N3O2S. The van der Waals surface area contributed by atoms with Gasteiger partial charge in [-0.05, 0) is 50.0 Å². The van der Waals surface area contributed by atoms with Crippen molar-refractivity contribution in [2.24, 2.45) is 0 Å². The minimum atomic E-state index is -0.380. The van der Waals surface area contributed by atoms with Crippen molar-refractivity contribution in [2.45, 2.75) is 23.8 Å². The van der Waals surface area contributed by atoms with Crippen molar-refractivity contribution in [3.8, 4) is 0 Å². The van der Waals surface area contributed by atoms with Gasteiger partial charge in [0, 0.05) is 23.1 Å². The summed E-state index contributed by atoms with van der Waals surface area (Å²) in [6, 6.07) is 7.14. The van der Waals surface area contributed by atoms with E-state index in [1.54, 1.807) is 24.1 Å². The highest BCUT2D eigenvalue weighted by Crippen LogP contribution is 2.20. The molecule has 0 unspecified atom stereocenters. The number of benzene rings is 1. The Morgan fingerprint density at radius 3 is 2.53 bits per heavy atom. The Morgan fingerprint density at radius 1 is 1.29 bits per heavy atom. The molecule has 5 nitrogen and oxygen atoms in total. The molecule has 0 radical (unpaired) electrons. The van der Waals surface area contributed by atoms with Gasteiger partial charge in [-0.1, -0.05) is 0 Å². The number of hydrogen-bond acceptors (Lipinski definition) is 5. The van der Waals surface area contributed by atoms with Gasteiger partial charge in [0.2, 0.25) is 0 Å². The minimum Gasteiger partial charge on any atom is -0.317 e. The van der Waals surface area contributed by atoms with Crippen LogP contribution in [-0.4, -0.2) is 24.1 Å². The van der Waals surface area contributed by atoms with Crippen molar-refractivity contribution >= 4 is 17.6 Å². The number of rotatable bonds is 4. The fourth-order valence-corrected chi connectivity index (χ4v) is 2.54. The van der Waals surface area contributed by atoms with E-state index in [1.807, 2.05) is 0 Å². The van der Waals surface area contributed by atoms with Crippen LogP contribution in [0.2, 0.25) is 0 Å². The van der Waals surface area contributed by atoms with E-state index in [0.717, 1.165) is 30.8 Å². The van der Waals surface area contributed by atoms with Gasteiger partial charge in [-0.3, -0.25) is 14.8 Å². The van der Waals surface area contributed by atoms with Gasteiger partial charge in [-0.15, -0.1) is 0 Å². The summed E-state index contributed by atoms with van der Waals surface area (Å²) in [5.74, 6) is 0. The predicted octanol–water partition coefficient (Wildman–Crippen LogP) is 1.94. The fraction of sp³-hybridized carbons (Fsp3) is 0.455. The normalized spacial score (nSPS) is 16.9. The topological polar surface area (TPSA) is 67.2 Å². The molecule has 1 aromatic rings. The number of piperidine rings is 1. The van der Waals surface area contributed by atoms with Crippen LogP contribution in [0.1, 0.15) is 12.8 Å². The molecule has 1 saturated heterocycles. The Morgan fingerprint density at radius 2 is 1.94 bits per heavy atom. The van der Waals surface area contributed by atoms with Crippen LogP contribution in [-0.2, 0) is 0 Å². The zero-order chi connectivity index (χ0) is 12.1. The number of nitro benzene ring substituents is 1. The molecule has 1 aliphatic heterocycles. The first-order valence-corrected chi connectivity index (χ1v) is 6.45. The molecule has 1 aliphatic rings. The maximum atomic E-state index is 10.5. The lowest BCUT2D eigenvalue weighted by atomic mass is 10.1. The lowest BCUT2D eigenvalue weighted by molar-refractivity contribution is -0.384. The first-order valence-electron chi connectivity index (χ1n) is 5.63. The molecule has 0 amide bonds. The molecule has 0 spiro atoms. The van der Waals surface area contributed by atoms with Gasteiger partial charge in [0.25, 0.3) is 5.69 Å². The van der Waals surface area contributed by atoms with E-state index in [-0.39, 0.29) is 10.6 Å². The molecule has 1 aromatic carbocycles. The van der Waals surface area contributed by atoms with Crippen LogP contribution >= 0.6 is 11.9 Å². The molecule has 1 fully saturated rings. The van der Waals surface area contributed by atoms with E-state index in [9.17, 15) is 10.1 Å². The summed E-state index contributed by atoms with van der Waals surface area (Å²) < 4.78 is 3.39. The van der Waals surface area contributed by atoms with Crippen LogP contribution in [0.15, 0.2) is 29.2 Å². The highest BCUT2D eigenvalue weighted by atomic mass is 32.2. The lowest BCUT2D eigenvalue weighted by Crippen LogP contribution is -2.37. The molecule has 0 bridgehead atoms. The SMILES string of the molecule is O=[N+]([O-])c1ccc(SNC2CCNCC2)cc1. The molecule has 17 heavy (non-hydrogen) atoms. The molecule has 1 heterocycles. The van der Waals surface area contributed by atoms with Crippen LogP contribution in [0.25, 0.3) is 0 Å². The summed E-state index contributed by atoms with van der Waals surface area (Å²) in [4.78, 5) is 11.1. The first-order chi connectivity index (χ1) is 8.25. The molecule has 0 saturated carbocycles. The van der Waals surface area contributed by atoms with Crippen molar-refractivity contribution in [1.29, 1.82) is 0 Å². The second-order valence-electron chi connectivity index (χ2n) is 4.00. The first kappa shape index (κ1) is 12.3. The largest absolute Gasteiger partial charge is 0.317 e. The molecule has 0 atom stereocenters. The monoisotopic (exact) mass is 253 g/mol. The number of nitrogens with zero attached hydrogens (tertiary/aromatic N) is 1. The molecule has 0 aromatic heterocycles. The summed E-state index contributed by atoms with van der Waals surface area (Å²) in [6.45, 7) is 2.11. The summed E-state index contributed by atoms with van der Waals surface area (Å²) in [7, 11) is 0. The van der Waals surface area contributed by atoms with E-state index >= 15 is 0 Å². The molecule has 92 valence electrons. The Bertz CT molecular complexity index is 377. The third kappa shape index (κ3) is 3.69. The zero-order valence-corrected chi connectivity index (χ0v) is 10.2. The van der Waals surface area contributed by atoms with Gasteiger partial charge in [0.15, 0.2) is 0 Å². The third-order valence-electron chi connectivity index (χ3n) is 2.73. The molecule has 6 heteroatoms. The average molecular weight is 253 g/mol. The van der Waals surface area contributed by atoms with Crippen molar-refractivity contribution in [1.82, 2.24) is 10.0 Å². The quantitative estimate of drug-likeness (QED) is 0.487. The van der Waals surface area contributed by atoms with E-state index in [4.69, 9.17) is 0 Å². The van der Waals surface area contributed by atoms with Crippen LogP contribution in [0.5, 0.6) is 0 Å². The molecule has 2 N–H and O–H groups in total. The highest BCUT2D eigenvalue weighted by molar-refractivity contribution is 7.97. The lowest BCUT2D eigenvalue weighted by Gasteiger charge is -2.22. The Hall–Kier alpha value is -1.11. The molecule has 0 aliphatic carbocycles. The van der Waals surface area contributed by atoms with Gasteiger partial charge in [0.1, 0.15) is 0 Å². The summed E-state index contributed by atoms with van der Waals surface area (Å²) >= 11 is 1.55. The van der Waals surface area contributed by atoms with Crippen LogP contribution in [0, 0.1) is 10.1 Å². The maximum absolute atomic E-state index is 10.5. The van der Waals surface area contributed by atoms with Gasteiger partial charge in [-0.25, -0.2) is 0 Å². The zero-order valence-electron chi connectivity index (χ0n) is 9.39. The van der Waals surface area contributed by atoms with Gasteiger partial charge >= 0.3 is 0 Å². The Balaban J connectivity index is 1.84. The van der Waals surface area contributed by atoms with Crippen molar-refractivity contribution in [3.05, 3.63) is 34.4 Å². The number of nitrogens with one attached hydrogen (secondary N) is 2. The second-order valence-corrected chi connectivity index (χ2v) is 4.91. The van der Waals surface area contributed by atoms with E-state index in [1.165, 1.54) is 12.1 Å². The third-order valence-corrected chi connectivity index (χ3v) is 3.69. The van der Waals surface area contributed by atoms with Crippen molar-refractivity contribution < 1.29 is 4.92 Å². The van der Waals surface area contributed by atoms with Crippen LogP contribution < -0.4 is 10.0 Å². The summed E-state index contributed by atoms with van der Waals surface area (Å²) in [6.07, 6.45) is 2.25. The number of hydrogen-bond donors (Lipinski definition) is 2. The van der Waals surface area contributed by atoms with Crippen molar-refractivity contribution in [2.75, 3.05) is 13.1 Å². The maximum Gasteiger partial charge on any atom is 0.269 e. The van der Waals surface area contributed by atoms with Crippen LogP contribution in [0.3, 0.4) is 0 Å². The Kier molecular flexibility index (Phi) is 4.36. The van der Waals surface area contributed by atoms with Gasteiger partial charge in [0.05, 0.1) is 4.92 Å². The highest BCUT2D eigenvalue weighted by Gasteiger charge is 2.12. The molecular weight excluding hydrogens is 238 g/mol.